The molecule has 1 aliphatic rings. The van der Waals surface area contributed by atoms with Crippen LogP contribution >= 0.6 is 0 Å². The van der Waals surface area contributed by atoms with Gasteiger partial charge >= 0.3 is 0 Å². The van der Waals surface area contributed by atoms with Crippen LogP contribution < -0.4 is 5.32 Å². The van der Waals surface area contributed by atoms with Crippen LogP contribution in [0.2, 0.25) is 0 Å². The van der Waals surface area contributed by atoms with Crippen LogP contribution in [-0.4, -0.2) is 48.2 Å². The fraction of sp³-hybridized carbons (Fsp3) is 0.588. The van der Waals surface area contributed by atoms with E-state index in [0.717, 1.165) is 49.8 Å². The van der Waals surface area contributed by atoms with Crippen LogP contribution in [0.4, 0.5) is 0 Å². The number of furan rings is 1. The second kappa shape index (κ2) is 8.03. The van der Waals surface area contributed by atoms with Crippen LogP contribution in [0.15, 0.2) is 40.0 Å². The molecule has 0 aromatic carbocycles. The van der Waals surface area contributed by atoms with Crippen molar-refractivity contribution in [2.75, 3.05) is 26.2 Å². The summed E-state index contributed by atoms with van der Waals surface area (Å²) in [4.78, 5) is 6.86. The van der Waals surface area contributed by atoms with E-state index < -0.39 is 0 Å². The Morgan fingerprint density at radius 1 is 1.64 bits per heavy atom. The zero-order valence-electron chi connectivity index (χ0n) is 13.6. The Bertz CT molecular complexity index is 494. The maximum atomic E-state index is 9.76. The summed E-state index contributed by atoms with van der Waals surface area (Å²) in [5.74, 6) is 2.19. The first-order valence-corrected chi connectivity index (χ1v) is 7.94. The maximum Gasteiger partial charge on any atom is 0.194 e. The van der Waals surface area contributed by atoms with Crippen molar-refractivity contribution >= 4 is 5.96 Å². The molecule has 1 saturated heterocycles. The minimum atomic E-state index is -0.268. The van der Waals surface area contributed by atoms with Crippen molar-refractivity contribution in [1.29, 1.82) is 0 Å². The molecule has 1 fully saturated rings. The summed E-state index contributed by atoms with van der Waals surface area (Å²) < 4.78 is 5.35. The fourth-order valence-electron chi connectivity index (χ4n) is 2.60. The van der Waals surface area contributed by atoms with Gasteiger partial charge in [0.05, 0.1) is 18.9 Å². The van der Waals surface area contributed by atoms with Crippen LogP contribution in [0.3, 0.4) is 0 Å². The van der Waals surface area contributed by atoms with Crippen molar-refractivity contribution in [3.8, 4) is 0 Å². The van der Waals surface area contributed by atoms with Crippen molar-refractivity contribution < 1.29 is 9.52 Å². The van der Waals surface area contributed by atoms with Crippen LogP contribution in [0.25, 0.3) is 0 Å². The molecule has 1 aliphatic heterocycles. The van der Waals surface area contributed by atoms with E-state index in [2.05, 4.69) is 21.8 Å². The number of hydrogen-bond donors (Lipinski definition) is 2. The minimum absolute atomic E-state index is 0.268. The fourth-order valence-corrected chi connectivity index (χ4v) is 2.60. The molecule has 0 amide bonds. The highest BCUT2D eigenvalue weighted by Crippen LogP contribution is 2.19. The van der Waals surface area contributed by atoms with Gasteiger partial charge in [-0.2, -0.15) is 0 Å². The van der Waals surface area contributed by atoms with Gasteiger partial charge in [-0.1, -0.05) is 12.2 Å². The largest absolute Gasteiger partial charge is 0.469 e. The molecule has 5 heteroatoms. The van der Waals surface area contributed by atoms with Crippen molar-refractivity contribution in [2.24, 2.45) is 10.9 Å². The number of hydrogen-bond acceptors (Lipinski definition) is 3. The van der Waals surface area contributed by atoms with Gasteiger partial charge in [0.25, 0.3) is 0 Å². The molecule has 122 valence electrons. The number of aliphatic imine (C=N–C) groups is 1. The second-order valence-corrected chi connectivity index (χ2v) is 6.09. The topological polar surface area (TPSA) is 61.0 Å². The predicted molar refractivity (Wildman–Crippen MR) is 88.9 cm³/mol. The number of rotatable bonds is 6. The summed E-state index contributed by atoms with van der Waals surface area (Å²) in [6.45, 7) is 10.9. The highest BCUT2D eigenvalue weighted by molar-refractivity contribution is 5.80. The van der Waals surface area contributed by atoms with E-state index >= 15 is 0 Å². The summed E-state index contributed by atoms with van der Waals surface area (Å²) in [7, 11) is 0. The molecule has 2 atom stereocenters. The summed E-state index contributed by atoms with van der Waals surface area (Å²) >= 11 is 0. The predicted octanol–water partition coefficient (Wildman–Crippen LogP) is 2.05. The van der Waals surface area contributed by atoms with E-state index in [1.54, 1.807) is 6.26 Å². The molecule has 0 saturated carbocycles. The highest BCUT2D eigenvalue weighted by Gasteiger charge is 2.27. The Kier molecular flexibility index (Phi) is 6.07. The standard InChI is InChI=1S/C17H27N3O2/c1-13(2)11-19-17(18-8-6-16-5-4-10-22-16)20-9-7-15(12-20)14(3)21/h4-5,10,14-15,21H,1,6-9,11-12H2,2-3H3,(H,18,19). The Morgan fingerprint density at radius 3 is 3.05 bits per heavy atom. The molecule has 2 unspecified atom stereocenters. The first-order chi connectivity index (χ1) is 10.6. The average Bonchev–Trinajstić information content (AvgIpc) is 3.13. The Labute approximate surface area is 132 Å². The lowest BCUT2D eigenvalue weighted by Gasteiger charge is -2.22. The van der Waals surface area contributed by atoms with E-state index in [1.165, 1.54) is 0 Å². The van der Waals surface area contributed by atoms with Gasteiger partial charge in [-0.3, -0.25) is 0 Å². The number of aliphatic hydroxyl groups is 1. The third-order valence-electron chi connectivity index (χ3n) is 3.94. The molecular formula is C17H27N3O2. The highest BCUT2D eigenvalue weighted by atomic mass is 16.3. The Hall–Kier alpha value is -1.75. The molecule has 2 N–H and O–H groups in total. The molecule has 0 spiro atoms. The number of likely N-dealkylation sites (tertiary alicyclic amines) is 1. The molecule has 2 rings (SSSR count). The molecule has 0 radical (unpaired) electrons. The van der Waals surface area contributed by atoms with E-state index in [0.29, 0.717) is 12.5 Å². The lowest BCUT2D eigenvalue weighted by Crippen LogP contribution is -2.41. The van der Waals surface area contributed by atoms with Crippen molar-refractivity contribution in [3.05, 3.63) is 36.3 Å². The molecule has 0 aliphatic carbocycles. The molecular weight excluding hydrogens is 278 g/mol. The Balaban J connectivity index is 1.91. The lowest BCUT2D eigenvalue weighted by molar-refractivity contribution is 0.132. The van der Waals surface area contributed by atoms with E-state index in [9.17, 15) is 5.11 Å². The molecule has 1 aromatic heterocycles. The summed E-state index contributed by atoms with van der Waals surface area (Å²) in [5, 5.41) is 13.2. The van der Waals surface area contributed by atoms with Gasteiger partial charge in [-0.25, -0.2) is 4.99 Å². The zero-order valence-corrected chi connectivity index (χ0v) is 13.6. The maximum absolute atomic E-state index is 9.76. The van der Waals surface area contributed by atoms with Gasteiger partial charge in [0.2, 0.25) is 0 Å². The first-order valence-electron chi connectivity index (χ1n) is 7.94. The van der Waals surface area contributed by atoms with Gasteiger partial charge < -0.3 is 19.7 Å². The van der Waals surface area contributed by atoms with Gasteiger partial charge in [0, 0.05) is 32.0 Å². The van der Waals surface area contributed by atoms with Gasteiger partial charge in [-0.15, -0.1) is 0 Å². The summed E-state index contributed by atoms with van der Waals surface area (Å²) in [6.07, 6.45) is 3.26. The Morgan fingerprint density at radius 2 is 2.45 bits per heavy atom. The monoisotopic (exact) mass is 305 g/mol. The van der Waals surface area contributed by atoms with Gasteiger partial charge in [-0.05, 0) is 32.4 Å². The number of aliphatic hydroxyl groups excluding tert-OH is 1. The smallest absolute Gasteiger partial charge is 0.194 e. The van der Waals surface area contributed by atoms with Crippen molar-refractivity contribution in [1.82, 2.24) is 10.2 Å². The van der Waals surface area contributed by atoms with Crippen LogP contribution in [0.5, 0.6) is 0 Å². The first kappa shape index (κ1) is 16.6. The quantitative estimate of drug-likeness (QED) is 0.480. The van der Waals surface area contributed by atoms with Crippen LogP contribution in [0, 0.1) is 5.92 Å². The average molecular weight is 305 g/mol. The van der Waals surface area contributed by atoms with E-state index in [4.69, 9.17) is 4.42 Å². The molecule has 22 heavy (non-hydrogen) atoms. The van der Waals surface area contributed by atoms with E-state index in [1.807, 2.05) is 26.0 Å². The molecule has 2 heterocycles. The number of nitrogens with one attached hydrogen (secondary N) is 1. The summed E-state index contributed by atoms with van der Waals surface area (Å²) in [6, 6.07) is 3.88. The lowest BCUT2D eigenvalue weighted by atomic mass is 10.0. The molecule has 1 aromatic rings. The molecule has 5 nitrogen and oxygen atoms in total. The molecule has 0 bridgehead atoms. The minimum Gasteiger partial charge on any atom is -0.469 e. The second-order valence-electron chi connectivity index (χ2n) is 6.09. The number of guanidine groups is 1. The van der Waals surface area contributed by atoms with E-state index in [-0.39, 0.29) is 6.10 Å². The van der Waals surface area contributed by atoms with Crippen LogP contribution in [-0.2, 0) is 6.42 Å². The van der Waals surface area contributed by atoms with Gasteiger partial charge in [0.15, 0.2) is 5.96 Å². The van der Waals surface area contributed by atoms with Crippen molar-refractivity contribution in [2.45, 2.75) is 32.8 Å². The zero-order chi connectivity index (χ0) is 15.9. The van der Waals surface area contributed by atoms with Gasteiger partial charge in [0.1, 0.15) is 5.76 Å². The normalized spacial score (nSPS) is 20.2. The van der Waals surface area contributed by atoms with Crippen LogP contribution in [0.1, 0.15) is 26.0 Å². The third kappa shape index (κ3) is 4.91. The summed E-state index contributed by atoms with van der Waals surface area (Å²) in [5.41, 5.74) is 1.04. The SMILES string of the molecule is C=C(C)CN=C(NCCc1ccco1)N1CCC(C(C)O)C1. The van der Waals surface area contributed by atoms with Crippen molar-refractivity contribution in [3.63, 3.8) is 0 Å². The third-order valence-corrected chi connectivity index (χ3v) is 3.94. The number of nitrogens with zero attached hydrogens (tertiary/aromatic N) is 2.